The van der Waals surface area contributed by atoms with Crippen molar-refractivity contribution in [1.29, 1.82) is 0 Å². The van der Waals surface area contributed by atoms with Gasteiger partial charge in [-0.15, -0.1) is 0 Å². The van der Waals surface area contributed by atoms with E-state index in [0.29, 0.717) is 19.5 Å². The van der Waals surface area contributed by atoms with Crippen LogP contribution in [0.25, 0.3) is 10.9 Å². The summed E-state index contributed by atoms with van der Waals surface area (Å²) in [5.41, 5.74) is 3.44. The van der Waals surface area contributed by atoms with Gasteiger partial charge in [-0.1, -0.05) is 41.9 Å². The van der Waals surface area contributed by atoms with Gasteiger partial charge in [0.05, 0.1) is 11.6 Å². The Morgan fingerprint density at radius 1 is 1.04 bits per heavy atom. The van der Waals surface area contributed by atoms with Gasteiger partial charge in [0.25, 0.3) is 0 Å². The number of rotatable bonds is 2. The third kappa shape index (κ3) is 2.27. The average Bonchev–Trinajstić information content (AvgIpc) is 2.88. The molecule has 4 rings (SSSR count). The average molecular weight is 361 g/mol. The van der Waals surface area contributed by atoms with Crippen LogP contribution in [0.1, 0.15) is 11.3 Å². The molecule has 0 aliphatic carbocycles. The fourth-order valence-corrected chi connectivity index (χ4v) is 5.38. The first kappa shape index (κ1) is 15.7. The van der Waals surface area contributed by atoms with Crippen LogP contribution < -0.4 is 0 Å². The molecule has 1 aromatic heterocycles. The van der Waals surface area contributed by atoms with Crippen molar-refractivity contribution in [1.82, 2.24) is 8.87 Å². The highest BCUT2D eigenvalue weighted by molar-refractivity contribution is 7.89. The van der Waals surface area contributed by atoms with Crippen molar-refractivity contribution in [2.45, 2.75) is 17.9 Å². The molecule has 0 saturated carbocycles. The Hall–Kier alpha value is -1.82. The molecule has 0 N–H and O–H groups in total. The van der Waals surface area contributed by atoms with E-state index in [2.05, 4.69) is 16.7 Å². The fraction of sp³-hybridized carbons (Fsp3) is 0.222. The van der Waals surface area contributed by atoms with Gasteiger partial charge in [-0.2, -0.15) is 4.31 Å². The Bertz CT molecular complexity index is 1040. The monoisotopic (exact) mass is 360 g/mol. The van der Waals surface area contributed by atoms with E-state index in [4.69, 9.17) is 11.6 Å². The number of aromatic nitrogens is 1. The second kappa shape index (κ2) is 5.62. The maximum atomic E-state index is 13.0. The summed E-state index contributed by atoms with van der Waals surface area (Å²) in [6.07, 6.45) is 0.709. The van der Waals surface area contributed by atoms with E-state index in [-0.39, 0.29) is 9.92 Å². The molecular formula is C18H17ClN2O2S. The molecule has 2 aromatic carbocycles. The largest absolute Gasteiger partial charge is 0.346 e. The molecule has 4 nitrogen and oxygen atoms in total. The molecule has 0 bridgehead atoms. The lowest BCUT2D eigenvalue weighted by molar-refractivity contribution is 0.383. The van der Waals surface area contributed by atoms with E-state index in [1.165, 1.54) is 15.3 Å². The minimum absolute atomic E-state index is 0.175. The third-order valence-electron chi connectivity index (χ3n) is 4.74. The molecule has 24 heavy (non-hydrogen) atoms. The molecule has 3 aromatic rings. The van der Waals surface area contributed by atoms with Gasteiger partial charge in [0.2, 0.25) is 10.0 Å². The summed E-state index contributed by atoms with van der Waals surface area (Å²) < 4.78 is 29.6. The molecule has 6 heteroatoms. The van der Waals surface area contributed by atoms with Crippen molar-refractivity contribution in [2.75, 3.05) is 6.54 Å². The molecule has 2 heterocycles. The predicted molar refractivity (Wildman–Crippen MR) is 95.7 cm³/mol. The molecule has 1 aliphatic rings. The highest BCUT2D eigenvalue weighted by Crippen LogP contribution is 2.33. The number of hydrogen-bond donors (Lipinski definition) is 0. The minimum Gasteiger partial charge on any atom is -0.346 e. The molecular weight excluding hydrogens is 344 g/mol. The van der Waals surface area contributed by atoms with Crippen LogP contribution in [0.15, 0.2) is 53.4 Å². The number of halogens is 1. The summed E-state index contributed by atoms with van der Waals surface area (Å²) in [6.45, 7) is 0.836. The Balaban J connectivity index is 1.79. The number of aryl methyl sites for hydroxylation is 1. The summed E-state index contributed by atoms with van der Waals surface area (Å²) in [5.74, 6) is 0. The standard InChI is InChI=1S/C18H17ClN2O2S/c1-20-16-8-4-2-6-13(16)14-10-11-21(12-17(14)20)24(22,23)18-9-5-3-7-15(18)19/h2-9H,10-12H2,1H3. The lowest BCUT2D eigenvalue weighted by Gasteiger charge is -2.27. The zero-order chi connectivity index (χ0) is 16.9. The number of nitrogens with zero attached hydrogens (tertiary/aromatic N) is 2. The summed E-state index contributed by atoms with van der Waals surface area (Å²) >= 11 is 6.11. The molecule has 0 fully saturated rings. The highest BCUT2D eigenvalue weighted by Gasteiger charge is 2.32. The second-order valence-electron chi connectivity index (χ2n) is 6.02. The number of hydrogen-bond acceptors (Lipinski definition) is 2. The van der Waals surface area contributed by atoms with Crippen LogP contribution in [0.4, 0.5) is 0 Å². The van der Waals surface area contributed by atoms with E-state index in [9.17, 15) is 8.42 Å². The van der Waals surface area contributed by atoms with E-state index >= 15 is 0 Å². The first-order valence-corrected chi connectivity index (χ1v) is 9.62. The Morgan fingerprint density at radius 2 is 1.75 bits per heavy atom. The molecule has 0 unspecified atom stereocenters. The quantitative estimate of drug-likeness (QED) is 0.701. The van der Waals surface area contributed by atoms with Crippen LogP contribution in [-0.4, -0.2) is 23.8 Å². The zero-order valence-corrected chi connectivity index (χ0v) is 14.8. The smallest absolute Gasteiger partial charge is 0.244 e. The molecule has 0 atom stereocenters. The summed E-state index contributed by atoms with van der Waals surface area (Å²) in [7, 11) is -1.61. The Kier molecular flexibility index (Phi) is 3.67. The van der Waals surface area contributed by atoms with Gasteiger partial charge in [0.1, 0.15) is 4.90 Å². The fourth-order valence-electron chi connectivity index (χ4n) is 3.49. The number of benzene rings is 2. The predicted octanol–water partition coefficient (Wildman–Crippen LogP) is 3.58. The van der Waals surface area contributed by atoms with Gasteiger partial charge in [0, 0.05) is 30.2 Å². The number of fused-ring (bicyclic) bond motifs is 3. The Labute approximate surface area is 146 Å². The van der Waals surface area contributed by atoms with E-state index < -0.39 is 10.0 Å². The molecule has 0 spiro atoms. The van der Waals surface area contributed by atoms with Crippen molar-refractivity contribution in [3.8, 4) is 0 Å². The lowest BCUT2D eigenvalue weighted by atomic mass is 10.1. The lowest BCUT2D eigenvalue weighted by Crippen LogP contribution is -2.36. The van der Waals surface area contributed by atoms with Gasteiger partial charge in [-0.3, -0.25) is 0 Å². The first-order chi connectivity index (χ1) is 11.5. The molecule has 0 amide bonds. The number of para-hydroxylation sites is 1. The summed E-state index contributed by atoms with van der Waals surface area (Å²) in [5, 5.41) is 1.48. The van der Waals surface area contributed by atoms with E-state index in [0.717, 1.165) is 11.2 Å². The first-order valence-electron chi connectivity index (χ1n) is 7.80. The van der Waals surface area contributed by atoms with Gasteiger partial charge in [-0.25, -0.2) is 8.42 Å². The summed E-state index contributed by atoms with van der Waals surface area (Å²) in [4.78, 5) is 0.175. The van der Waals surface area contributed by atoms with Crippen molar-refractivity contribution in [3.63, 3.8) is 0 Å². The van der Waals surface area contributed by atoms with Crippen molar-refractivity contribution in [2.24, 2.45) is 7.05 Å². The van der Waals surface area contributed by atoms with Crippen LogP contribution in [0.5, 0.6) is 0 Å². The summed E-state index contributed by atoms with van der Waals surface area (Å²) in [6, 6.07) is 14.8. The van der Waals surface area contributed by atoms with Gasteiger partial charge in [0.15, 0.2) is 0 Å². The van der Waals surface area contributed by atoms with Crippen LogP contribution in [0.2, 0.25) is 5.02 Å². The molecule has 124 valence electrons. The molecule has 1 aliphatic heterocycles. The van der Waals surface area contributed by atoms with E-state index in [1.54, 1.807) is 24.3 Å². The van der Waals surface area contributed by atoms with E-state index in [1.807, 2.05) is 19.2 Å². The van der Waals surface area contributed by atoms with Gasteiger partial charge in [-0.05, 0) is 30.2 Å². The van der Waals surface area contributed by atoms with Crippen LogP contribution in [0, 0.1) is 0 Å². The molecule has 0 radical (unpaired) electrons. The highest BCUT2D eigenvalue weighted by atomic mass is 35.5. The van der Waals surface area contributed by atoms with Gasteiger partial charge < -0.3 is 4.57 Å². The van der Waals surface area contributed by atoms with Crippen molar-refractivity contribution in [3.05, 3.63) is 64.8 Å². The zero-order valence-electron chi connectivity index (χ0n) is 13.2. The topological polar surface area (TPSA) is 42.3 Å². The number of sulfonamides is 1. The minimum atomic E-state index is -3.60. The maximum absolute atomic E-state index is 13.0. The van der Waals surface area contributed by atoms with Crippen molar-refractivity contribution >= 4 is 32.5 Å². The molecule has 0 saturated heterocycles. The third-order valence-corrected chi connectivity index (χ3v) is 7.08. The van der Waals surface area contributed by atoms with Crippen LogP contribution in [-0.2, 0) is 30.0 Å². The van der Waals surface area contributed by atoms with Crippen molar-refractivity contribution < 1.29 is 8.42 Å². The van der Waals surface area contributed by atoms with Crippen LogP contribution in [0.3, 0.4) is 0 Å². The second-order valence-corrected chi connectivity index (χ2v) is 8.33. The maximum Gasteiger partial charge on any atom is 0.244 e. The van der Waals surface area contributed by atoms with Gasteiger partial charge >= 0.3 is 0 Å². The SMILES string of the molecule is Cn1c2c(c3ccccc31)CCN(S(=O)(=O)c1ccccc1Cl)C2. The van der Waals surface area contributed by atoms with Crippen LogP contribution >= 0.6 is 11.6 Å². The Morgan fingerprint density at radius 3 is 2.54 bits per heavy atom. The normalized spacial score (nSPS) is 15.6.